The zero-order chi connectivity index (χ0) is 19.0. The molecule has 0 aromatic heterocycles. The molecular formula is C22H31IO3. The second-order valence-electron chi connectivity index (χ2n) is 6.23. The lowest BCUT2D eigenvalue weighted by Crippen LogP contribution is -2.19. The Balaban J connectivity index is 2.07. The lowest BCUT2D eigenvalue weighted by Gasteiger charge is -2.14. The molecule has 0 aliphatic carbocycles. The van der Waals surface area contributed by atoms with Crippen LogP contribution in [0.5, 0.6) is 0 Å². The van der Waals surface area contributed by atoms with Crippen LogP contribution >= 0.6 is 22.6 Å². The summed E-state index contributed by atoms with van der Waals surface area (Å²) in [6.45, 7) is 2.08. The number of halogens is 1. The third-order valence-corrected chi connectivity index (χ3v) is 5.23. The molecule has 0 radical (unpaired) electrons. The summed E-state index contributed by atoms with van der Waals surface area (Å²) in [4.78, 5) is 11.1. The van der Waals surface area contributed by atoms with Gasteiger partial charge in [0.1, 0.15) is 6.10 Å². The van der Waals surface area contributed by atoms with E-state index in [1.165, 1.54) is 0 Å². The number of hydrogen-bond acceptors (Lipinski definition) is 3. The first kappa shape index (κ1) is 22.9. The van der Waals surface area contributed by atoms with Crippen LogP contribution in [0.2, 0.25) is 0 Å². The van der Waals surface area contributed by atoms with Crippen LogP contribution < -0.4 is 0 Å². The topological polar surface area (TPSA) is 46.5 Å². The zero-order valence-corrected chi connectivity index (χ0v) is 17.8. The van der Waals surface area contributed by atoms with Gasteiger partial charge in [-0.1, -0.05) is 90.3 Å². The smallest absolute Gasteiger partial charge is 0.306 e. The molecule has 0 aromatic rings. The molecule has 1 N–H and O–H groups in total. The van der Waals surface area contributed by atoms with E-state index in [4.69, 9.17) is 4.74 Å². The summed E-state index contributed by atoms with van der Waals surface area (Å²) in [7, 11) is 0. The van der Waals surface area contributed by atoms with Gasteiger partial charge in [0, 0.05) is 6.42 Å². The number of carbonyl (C=O) groups excluding carboxylic acids is 1. The second kappa shape index (κ2) is 15.0. The first-order valence-corrected chi connectivity index (χ1v) is 10.7. The minimum absolute atomic E-state index is 0.0608. The standard InChI is InChI=1S/C22H31IO3/c1-2-3-11-14-19(24)15-12-9-7-5-4-6-8-10-13-16-20(23)21-17-18-22(25)26-21/h3-4,6-7,9-13,15,19-21,24H,2,5,8,14,16-18H2,1H3/t19-,20?,21?/m0/s1. The van der Waals surface area contributed by atoms with Crippen LogP contribution in [0.25, 0.3) is 0 Å². The zero-order valence-electron chi connectivity index (χ0n) is 15.6. The number of aliphatic hydroxyl groups is 1. The number of aliphatic hydroxyl groups excluding tert-OH is 1. The molecule has 1 heterocycles. The molecule has 1 fully saturated rings. The number of esters is 1. The molecule has 0 saturated carbocycles. The highest BCUT2D eigenvalue weighted by atomic mass is 127. The van der Waals surface area contributed by atoms with Crippen LogP contribution in [0.15, 0.2) is 60.8 Å². The Morgan fingerprint density at radius 2 is 1.77 bits per heavy atom. The SMILES string of the molecule is CCC=CC[C@H](O)C=CC=CCC=CCC=CCC(I)C1CCC(=O)O1. The minimum Gasteiger partial charge on any atom is -0.461 e. The fourth-order valence-electron chi connectivity index (χ4n) is 2.46. The lowest BCUT2D eigenvalue weighted by molar-refractivity contribution is -0.141. The minimum atomic E-state index is -0.405. The van der Waals surface area contributed by atoms with E-state index in [0.29, 0.717) is 16.8 Å². The Bertz CT molecular complexity index is 532. The van der Waals surface area contributed by atoms with Crippen LogP contribution in [0.1, 0.15) is 51.9 Å². The summed E-state index contributed by atoms with van der Waals surface area (Å²) >= 11 is 2.37. The number of carbonyl (C=O) groups is 1. The number of cyclic esters (lactones) is 1. The summed E-state index contributed by atoms with van der Waals surface area (Å²) in [5.74, 6) is -0.0608. The molecule has 2 unspecified atom stereocenters. The van der Waals surface area contributed by atoms with Crippen molar-refractivity contribution >= 4 is 28.6 Å². The average molecular weight is 470 g/mol. The van der Waals surface area contributed by atoms with Gasteiger partial charge in [-0.25, -0.2) is 0 Å². The van der Waals surface area contributed by atoms with Gasteiger partial charge in [0.2, 0.25) is 0 Å². The fraction of sp³-hybridized carbons (Fsp3) is 0.500. The van der Waals surface area contributed by atoms with Crippen molar-refractivity contribution in [2.75, 3.05) is 0 Å². The van der Waals surface area contributed by atoms with Gasteiger partial charge in [-0.15, -0.1) is 0 Å². The van der Waals surface area contributed by atoms with Gasteiger partial charge in [-0.2, -0.15) is 0 Å². The van der Waals surface area contributed by atoms with Crippen molar-refractivity contribution in [2.24, 2.45) is 0 Å². The van der Waals surface area contributed by atoms with Crippen molar-refractivity contribution < 1.29 is 14.6 Å². The largest absolute Gasteiger partial charge is 0.461 e. The van der Waals surface area contributed by atoms with Crippen molar-refractivity contribution in [3.05, 3.63) is 60.8 Å². The van der Waals surface area contributed by atoms with Crippen LogP contribution in [-0.2, 0) is 9.53 Å². The third-order valence-electron chi connectivity index (χ3n) is 3.92. The van der Waals surface area contributed by atoms with Gasteiger partial charge < -0.3 is 9.84 Å². The molecule has 0 bridgehead atoms. The van der Waals surface area contributed by atoms with E-state index in [2.05, 4.69) is 66.0 Å². The van der Waals surface area contributed by atoms with E-state index in [0.717, 1.165) is 32.1 Å². The highest BCUT2D eigenvalue weighted by molar-refractivity contribution is 14.1. The predicted molar refractivity (Wildman–Crippen MR) is 117 cm³/mol. The molecule has 0 amide bonds. The maximum absolute atomic E-state index is 11.1. The van der Waals surface area contributed by atoms with Crippen LogP contribution in [0, 0.1) is 0 Å². The average Bonchev–Trinajstić information content (AvgIpc) is 3.06. The molecule has 3 atom stereocenters. The maximum Gasteiger partial charge on any atom is 0.306 e. The van der Waals surface area contributed by atoms with Crippen molar-refractivity contribution in [3.8, 4) is 0 Å². The van der Waals surface area contributed by atoms with E-state index < -0.39 is 6.10 Å². The van der Waals surface area contributed by atoms with Gasteiger partial charge in [0.15, 0.2) is 0 Å². The van der Waals surface area contributed by atoms with E-state index >= 15 is 0 Å². The quantitative estimate of drug-likeness (QED) is 0.133. The van der Waals surface area contributed by atoms with Gasteiger partial charge in [-0.3, -0.25) is 4.79 Å². The summed E-state index contributed by atoms with van der Waals surface area (Å²) in [6.07, 6.45) is 25.9. The first-order chi connectivity index (χ1) is 12.6. The molecular weight excluding hydrogens is 439 g/mol. The summed E-state index contributed by atoms with van der Waals surface area (Å²) in [5.41, 5.74) is 0. The van der Waals surface area contributed by atoms with Gasteiger partial charge >= 0.3 is 5.97 Å². The molecule has 26 heavy (non-hydrogen) atoms. The van der Waals surface area contributed by atoms with Gasteiger partial charge in [0.25, 0.3) is 0 Å². The van der Waals surface area contributed by atoms with E-state index in [-0.39, 0.29) is 12.1 Å². The first-order valence-electron chi connectivity index (χ1n) is 9.43. The molecule has 1 rings (SSSR count). The Morgan fingerprint density at radius 1 is 1.08 bits per heavy atom. The lowest BCUT2D eigenvalue weighted by atomic mass is 10.1. The number of allylic oxidation sites excluding steroid dienone is 8. The molecule has 4 heteroatoms. The van der Waals surface area contributed by atoms with Crippen molar-refractivity contribution in [1.82, 2.24) is 0 Å². The Hall–Kier alpha value is -1.14. The number of hydrogen-bond donors (Lipinski definition) is 1. The monoisotopic (exact) mass is 470 g/mol. The van der Waals surface area contributed by atoms with Crippen molar-refractivity contribution in [1.29, 1.82) is 0 Å². The van der Waals surface area contributed by atoms with E-state index in [1.54, 1.807) is 0 Å². The van der Waals surface area contributed by atoms with Crippen LogP contribution in [-0.4, -0.2) is 27.2 Å². The van der Waals surface area contributed by atoms with Crippen LogP contribution in [0.3, 0.4) is 0 Å². The normalized spacial score (nSPS) is 21.0. The number of ether oxygens (including phenoxy) is 1. The third kappa shape index (κ3) is 11.5. The summed E-state index contributed by atoms with van der Waals surface area (Å²) in [6, 6.07) is 0. The van der Waals surface area contributed by atoms with E-state index in [9.17, 15) is 9.90 Å². The Labute approximate surface area is 171 Å². The fourth-order valence-corrected chi connectivity index (χ4v) is 3.26. The summed E-state index contributed by atoms with van der Waals surface area (Å²) < 4.78 is 5.64. The Morgan fingerprint density at radius 3 is 2.46 bits per heavy atom. The molecule has 0 spiro atoms. The highest BCUT2D eigenvalue weighted by Gasteiger charge is 2.28. The molecule has 1 aliphatic rings. The molecule has 144 valence electrons. The Kier molecular flexibility index (Phi) is 13.2. The van der Waals surface area contributed by atoms with Crippen molar-refractivity contribution in [3.63, 3.8) is 0 Å². The summed E-state index contributed by atoms with van der Waals surface area (Å²) in [5, 5.41) is 9.70. The number of alkyl halides is 1. The van der Waals surface area contributed by atoms with Crippen LogP contribution in [0.4, 0.5) is 0 Å². The molecule has 1 saturated heterocycles. The van der Waals surface area contributed by atoms with Crippen molar-refractivity contribution in [2.45, 2.75) is 68.0 Å². The number of rotatable bonds is 12. The predicted octanol–water partition coefficient (Wildman–Crippen LogP) is 5.61. The van der Waals surface area contributed by atoms with E-state index in [1.807, 2.05) is 24.3 Å². The highest BCUT2D eigenvalue weighted by Crippen LogP contribution is 2.24. The molecule has 3 nitrogen and oxygen atoms in total. The van der Waals surface area contributed by atoms with Gasteiger partial charge in [-0.05, 0) is 38.5 Å². The molecule has 0 aromatic carbocycles. The molecule has 1 aliphatic heterocycles. The van der Waals surface area contributed by atoms with Gasteiger partial charge in [0.05, 0.1) is 10.0 Å². The maximum atomic E-state index is 11.1. The second-order valence-corrected chi connectivity index (χ2v) is 7.83.